The summed E-state index contributed by atoms with van der Waals surface area (Å²) in [6.07, 6.45) is 1.75. The molecule has 0 saturated heterocycles. The van der Waals surface area contributed by atoms with E-state index in [0.29, 0.717) is 18.0 Å². The van der Waals surface area contributed by atoms with Crippen LogP contribution in [-0.4, -0.2) is 22.9 Å². The van der Waals surface area contributed by atoms with Gasteiger partial charge < -0.3 is 4.90 Å². The molecule has 0 aromatic heterocycles. The summed E-state index contributed by atoms with van der Waals surface area (Å²) in [4.78, 5) is 14.2. The fourth-order valence-corrected chi connectivity index (χ4v) is 1.86. The van der Waals surface area contributed by atoms with E-state index >= 15 is 0 Å². The maximum atomic E-state index is 12.4. The predicted molar refractivity (Wildman–Crippen MR) is 77.0 cm³/mol. The lowest BCUT2D eigenvalue weighted by Gasteiger charge is -2.35. The first-order valence-corrected chi connectivity index (χ1v) is 6.51. The molecule has 0 radical (unpaired) electrons. The molecule has 1 aromatic rings. The SMILES string of the molecule is C=CCN(C(=O)c1ccc(CCl)cc1)C(C)(C)C. The summed E-state index contributed by atoms with van der Waals surface area (Å²) >= 11 is 5.74. The summed E-state index contributed by atoms with van der Waals surface area (Å²) in [6.45, 7) is 10.3. The largest absolute Gasteiger partial charge is 0.330 e. The Morgan fingerprint density at radius 1 is 1.33 bits per heavy atom. The van der Waals surface area contributed by atoms with Crippen LogP contribution >= 0.6 is 11.6 Å². The van der Waals surface area contributed by atoms with Crippen LogP contribution in [0.5, 0.6) is 0 Å². The third kappa shape index (κ3) is 3.61. The van der Waals surface area contributed by atoms with Crippen molar-refractivity contribution in [3.05, 3.63) is 48.0 Å². The molecule has 0 unspecified atom stereocenters. The van der Waals surface area contributed by atoms with E-state index in [2.05, 4.69) is 6.58 Å². The number of rotatable bonds is 4. The molecule has 1 amide bonds. The van der Waals surface area contributed by atoms with E-state index in [0.717, 1.165) is 5.56 Å². The van der Waals surface area contributed by atoms with Gasteiger partial charge in [-0.3, -0.25) is 4.79 Å². The molecule has 1 rings (SSSR count). The summed E-state index contributed by atoms with van der Waals surface area (Å²) in [5.74, 6) is 0.480. The summed E-state index contributed by atoms with van der Waals surface area (Å²) in [5, 5.41) is 0. The van der Waals surface area contributed by atoms with E-state index < -0.39 is 0 Å². The zero-order valence-electron chi connectivity index (χ0n) is 11.2. The van der Waals surface area contributed by atoms with E-state index in [1.54, 1.807) is 11.0 Å². The van der Waals surface area contributed by atoms with Crippen molar-refractivity contribution in [3.8, 4) is 0 Å². The van der Waals surface area contributed by atoms with Crippen molar-refractivity contribution >= 4 is 17.5 Å². The molecule has 0 N–H and O–H groups in total. The first-order valence-electron chi connectivity index (χ1n) is 5.98. The van der Waals surface area contributed by atoms with Crippen LogP contribution in [0.15, 0.2) is 36.9 Å². The van der Waals surface area contributed by atoms with Crippen LogP contribution in [0.4, 0.5) is 0 Å². The van der Waals surface area contributed by atoms with Crippen molar-refractivity contribution < 1.29 is 4.79 Å². The fourth-order valence-electron chi connectivity index (χ4n) is 1.68. The lowest BCUT2D eigenvalue weighted by molar-refractivity contribution is 0.0616. The number of benzene rings is 1. The molecule has 0 aliphatic rings. The van der Waals surface area contributed by atoms with Crippen molar-refractivity contribution in [1.82, 2.24) is 4.90 Å². The standard InChI is InChI=1S/C15H20ClNO/c1-5-10-17(15(2,3)4)14(18)13-8-6-12(11-16)7-9-13/h5-9H,1,10-11H2,2-4H3. The topological polar surface area (TPSA) is 20.3 Å². The highest BCUT2D eigenvalue weighted by molar-refractivity contribution is 6.17. The molecule has 0 bridgehead atoms. The Kier molecular flexibility index (Phi) is 4.97. The van der Waals surface area contributed by atoms with Gasteiger partial charge in [0.25, 0.3) is 5.91 Å². The molecule has 3 heteroatoms. The van der Waals surface area contributed by atoms with Gasteiger partial charge in [0, 0.05) is 23.5 Å². The molecular weight excluding hydrogens is 246 g/mol. The van der Waals surface area contributed by atoms with Gasteiger partial charge in [0.05, 0.1) is 0 Å². The average Bonchev–Trinajstić information content (AvgIpc) is 2.34. The summed E-state index contributed by atoms with van der Waals surface area (Å²) in [7, 11) is 0. The van der Waals surface area contributed by atoms with Crippen LogP contribution in [0.25, 0.3) is 0 Å². The predicted octanol–water partition coefficient (Wildman–Crippen LogP) is 3.85. The number of alkyl halides is 1. The fraction of sp³-hybridized carbons (Fsp3) is 0.400. The Bertz CT molecular complexity index is 417. The minimum absolute atomic E-state index is 0.0172. The smallest absolute Gasteiger partial charge is 0.254 e. The highest BCUT2D eigenvalue weighted by atomic mass is 35.5. The van der Waals surface area contributed by atoms with Crippen LogP contribution < -0.4 is 0 Å². The van der Waals surface area contributed by atoms with Crippen LogP contribution in [0.3, 0.4) is 0 Å². The van der Waals surface area contributed by atoms with Crippen LogP contribution in [0.1, 0.15) is 36.7 Å². The Labute approximate surface area is 114 Å². The summed E-state index contributed by atoms with van der Waals surface area (Å²) in [6, 6.07) is 7.41. The van der Waals surface area contributed by atoms with Crippen molar-refractivity contribution in [2.75, 3.05) is 6.54 Å². The van der Waals surface area contributed by atoms with Crippen molar-refractivity contribution in [1.29, 1.82) is 0 Å². The highest BCUT2D eigenvalue weighted by Gasteiger charge is 2.25. The molecule has 0 aliphatic carbocycles. The third-order valence-corrected chi connectivity index (χ3v) is 3.03. The zero-order chi connectivity index (χ0) is 13.8. The van der Waals surface area contributed by atoms with Crippen molar-refractivity contribution in [2.24, 2.45) is 0 Å². The Morgan fingerprint density at radius 3 is 2.28 bits per heavy atom. The third-order valence-electron chi connectivity index (χ3n) is 2.72. The molecule has 98 valence electrons. The second kappa shape index (κ2) is 6.05. The minimum atomic E-state index is -0.226. The first-order chi connectivity index (χ1) is 8.40. The molecular formula is C15H20ClNO. The van der Waals surface area contributed by atoms with Gasteiger partial charge in [0.2, 0.25) is 0 Å². The Morgan fingerprint density at radius 2 is 1.89 bits per heavy atom. The second-order valence-electron chi connectivity index (χ2n) is 5.21. The van der Waals surface area contributed by atoms with Gasteiger partial charge >= 0.3 is 0 Å². The van der Waals surface area contributed by atoms with Crippen LogP contribution in [0, 0.1) is 0 Å². The van der Waals surface area contributed by atoms with Crippen LogP contribution in [-0.2, 0) is 5.88 Å². The summed E-state index contributed by atoms with van der Waals surface area (Å²) < 4.78 is 0. The van der Waals surface area contributed by atoms with Gasteiger partial charge in [-0.05, 0) is 38.5 Å². The molecule has 2 nitrogen and oxygen atoms in total. The maximum Gasteiger partial charge on any atom is 0.254 e. The zero-order valence-corrected chi connectivity index (χ0v) is 12.0. The minimum Gasteiger partial charge on any atom is -0.330 e. The number of nitrogens with zero attached hydrogens (tertiary/aromatic N) is 1. The van der Waals surface area contributed by atoms with E-state index in [1.165, 1.54) is 0 Å². The monoisotopic (exact) mass is 265 g/mol. The van der Waals surface area contributed by atoms with E-state index in [4.69, 9.17) is 11.6 Å². The number of hydrogen-bond donors (Lipinski definition) is 0. The van der Waals surface area contributed by atoms with Crippen molar-refractivity contribution in [2.45, 2.75) is 32.2 Å². The summed E-state index contributed by atoms with van der Waals surface area (Å²) in [5.41, 5.74) is 1.47. The average molecular weight is 266 g/mol. The van der Waals surface area contributed by atoms with E-state index in [-0.39, 0.29) is 11.4 Å². The van der Waals surface area contributed by atoms with Gasteiger partial charge in [0.1, 0.15) is 0 Å². The number of carbonyl (C=O) groups is 1. The van der Waals surface area contributed by atoms with Gasteiger partial charge in [-0.2, -0.15) is 0 Å². The molecule has 0 aliphatic heterocycles. The molecule has 0 fully saturated rings. The molecule has 0 spiro atoms. The number of halogens is 1. The van der Waals surface area contributed by atoms with Gasteiger partial charge in [-0.1, -0.05) is 18.2 Å². The molecule has 18 heavy (non-hydrogen) atoms. The Hall–Kier alpha value is -1.28. The lowest BCUT2D eigenvalue weighted by atomic mass is 10.0. The number of amides is 1. The second-order valence-corrected chi connectivity index (χ2v) is 5.47. The quantitative estimate of drug-likeness (QED) is 0.598. The van der Waals surface area contributed by atoms with Crippen LogP contribution in [0.2, 0.25) is 0 Å². The lowest BCUT2D eigenvalue weighted by Crippen LogP contribution is -2.45. The van der Waals surface area contributed by atoms with Gasteiger partial charge in [-0.25, -0.2) is 0 Å². The number of hydrogen-bond acceptors (Lipinski definition) is 1. The molecule has 0 saturated carbocycles. The highest BCUT2D eigenvalue weighted by Crippen LogP contribution is 2.18. The van der Waals surface area contributed by atoms with Gasteiger partial charge in [-0.15, -0.1) is 18.2 Å². The molecule has 0 heterocycles. The van der Waals surface area contributed by atoms with Gasteiger partial charge in [0.15, 0.2) is 0 Å². The molecule has 0 atom stereocenters. The first kappa shape index (κ1) is 14.8. The van der Waals surface area contributed by atoms with E-state index in [1.807, 2.05) is 45.0 Å². The normalized spacial score (nSPS) is 11.1. The van der Waals surface area contributed by atoms with E-state index in [9.17, 15) is 4.79 Å². The Balaban J connectivity index is 2.98. The maximum absolute atomic E-state index is 12.4. The number of carbonyl (C=O) groups excluding carboxylic acids is 1. The molecule has 1 aromatic carbocycles. The van der Waals surface area contributed by atoms with Crippen molar-refractivity contribution in [3.63, 3.8) is 0 Å².